The van der Waals surface area contributed by atoms with Crippen LogP contribution in [0.1, 0.15) is 36.9 Å². The minimum absolute atomic E-state index is 0.0857. The molecule has 4 rings (SSSR count). The van der Waals surface area contributed by atoms with Crippen molar-refractivity contribution in [1.82, 2.24) is 10.3 Å². The van der Waals surface area contributed by atoms with Gasteiger partial charge in [-0.25, -0.2) is 9.78 Å². The van der Waals surface area contributed by atoms with Gasteiger partial charge in [0.25, 0.3) is 0 Å². The van der Waals surface area contributed by atoms with E-state index in [1.807, 2.05) is 18.2 Å². The maximum absolute atomic E-state index is 12.3. The molecule has 8 nitrogen and oxygen atoms in total. The highest BCUT2D eigenvalue weighted by atomic mass is 16.5. The number of nitrogens with zero attached hydrogens (tertiary/aromatic N) is 1. The molecule has 2 heterocycles. The van der Waals surface area contributed by atoms with E-state index in [4.69, 9.17) is 9.47 Å². The average Bonchev–Trinajstić information content (AvgIpc) is 3.27. The second-order valence-corrected chi connectivity index (χ2v) is 7.76. The van der Waals surface area contributed by atoms with Crippen LogP contribution < -0.4 is 20.7 Å². The van der Waals surface area contributed by atoms with Gasteiger partial charge in [-0.05, 0) is 54.3 Å². The van der Waals surface area contributed by atoms with Crippen molar-refractivity contribution in [3.8, 4) is 11.5 Å². The molecule has 1 aliphatic heterocycles. The molecule has 0 bridgehead atoms. The summed E-state index contributed by atoms with van der Waals surface area (Å²) in [5.41, 5.74) is 3.57. The molecule has 8 heteroatoms. The van der Waals surface area contributed by atoms with Gasteiger partial charge in [-0.2, -0.15) is 0 Å². The summed E-state index contributed by atoms with van der Waals surface area (Å²) in [6.45, 7) is 1.41. The van der Waals surface area contributed by atoms with Gasteiger partial charge in [-0.3, -0.25) is 5.32 Å². The summed E-state index contributed by atoms with van der Waals surface area (Å²) in [6, 6.07) is 9.00. The zero-order valence-electron chi connectivity index (χ0n) is 17.6. The summed E-state index contributed by atoms with van der Waals surface area (Å²) in [4.78, 5) is 16.9. The maximum Gasteiger partial charge on any atom is 0.320 e. The Labute approximate surface area is 181 Å². The van der Waals surface area contributed by atoms with Crippen molar-refractivity contribution in [3.05, 3.63) is 41.6 Å². The van der Waals surface area contributed by atoms with E-state index in [2.05, 4.69) is 20.9 Å². The number of phenolic OH excluding ortho intramolecular Hbond substituents is 1. The average molecular weight is 425 g/mol. The Hall–Kier alpha value is -3.26. The first-order valence-electron chi connectivity index (χ1n) is 10.6. The van der Waals surface area contributed by atoms with Gasteiger partial charge in [-0.15, -0.1) is 0 Å². The molecule has 31 heavy (non-hydrogen) atoms. The number of fused-ring (bicyclic) bond motifs is 1. The normalized spacial score (nSPS) is 15.6. The van der Waals surface area contributed by atoms with Crippen LogP contribution in [0.25, 0.3) is 11.6 Å². The van der Waals surface area contributed by atoms with E-state index in [1.54, 1.807) is 25.3 Å². The Morgan fingerprint density at radius 3 is 2.87 bits per heavy atom. The summed E-state index contributed by atoms with van der Waals surface area (Å²) in [6.07, 6.45) is 6.38. The van der Waals surface area contributed by atoms with Gasteiger partial charge in [-0.1, -0.05) is 18.9 Å². The van der Waals surface area contributed by atoms with Crippen molar-refractivity contribution in [1.29, 1.82) is 0 Å². The molecule has 2 aromatic rings. The molecule has 0 atom stereocenters. The lowest BCUT2D eigenvalue weighted by Gasteiger charge is -2.20. The molecule has 164 valence electrons. The molecular formula is C23H28N4O4. The highest BCUT2D eigenvalue weighted by Gasteiger charge is 2.18. The van der Waals surface area contributed by atoms with Crippen LogP contribution in [0.5, 0.6) is 11.5 Å². The molecular weight excluding hydrogens is 396 g/mol. The van der Waals surface area contributed by atoms with Crippen molar-refractivity contribution in [3.63, 3.8) is 0 Å². The number of carbonyl (C=O) groups is 1. The Bertz CT molecular complexity index is 970. The fourth-order valence-corrected chi connectivity index (χ4v) is 3.87. The quantitative estimate of drug-likeness (QED) is 0.504. The number of rotatable bonds is 7. The summed E-state index contributed by atoms with van der Waals surface area (Å²) in [5, 5.41) is 19.3. The number of anilines is 2. The third-order valence-electron chi connectivity index (χ3n) is 5.51. The number of carbonyl (C=O) groups excluding carboxylic acids is 1. The predicted octanol–water partition coefficient (Wildman–Crippen LogP) is 3.84. The smallest absolute Gasteiger partial charge is 0.320 e. The zero-order chi connectivity index (χ0) is 21.6. The number of phenols is 1. The third-order valence-corrected chi connectivity index (χ3v) is 5.51. The first-order valence-corrected chi connectivity index (χ1v) is 10.6. The monoisotopic (exact) mass is 424 g/mol. The minimum Gasteiger partial charge on any atom is -0.504 e. The van der Waals surface area contributed by atoms with E-state index in [9.17, 15) is 9.90 Å². The molecule has 0 radical (unpaired) electrons. The molecule has 1 fully saturated rings. The summed E-state index contributed by atoms with van der Waals surface area (Å²) < 4.78 is 10.6. The number of hydrogen-bond acceptors (Lipinski definition) is 6. The number of urea groups is 1. The van der Waals surface area contributed by atoms with E-state index in [0.717, 1.165) is 48.2 Å². The predicted molar refractivity (Wildman–Crippen MR) is 120 cm³/mol. The summed E-state index contributed by atoms with van der Waals surface area (Å²) in [5.74, 6) is 0.999. The van der Waals surface area contributed by atoms with Crippen LogP contribution in [0.4, 0.5) is 16.3 Å². The SMILES string of the molecule is COCCOc1cc(C2=Cc3nc(NC(=O)NC4CCCC4)ccc3NC2)ccc1O. The lowest BCUT2D eigenvalue weighted by Crippen LogP contribution is -2.36. The van der Waals surface area contributed by atoms with Crippen LogP contribution >= 0.6 is 0 Å². The fraction of sp³-hybridized carbons (Fsp3) is 0.391. The summed E-state index contributed by atoms with van der Waals surface area (Å²) in [7, 11) is 1.60. The van der Waals surface area contributed by atoms with Gasteiger partial charge in [0.1, 0.15) is 12.4 Å². The van der Waals surface area contributed by atoms with E-state index in [0.29, 0.717) is 31.3 Å². The molecule has 1 aliphatic carbocycles. The summed E-state index contributed by atoms with van der Waals surface area (Å²) >= 11 is 0. The van der Waals surface area contributed by atoms with Gasteiger partial charge in [0.15, 0.2) is 11.5 Å². The van der Waals surface area contributed by atoms with Gasteiger partial charge in [0.2, 0.25) is 0 Å². The van der Waals surface area contributed by atoms with Crippen LogP contribution in [0, 0.1) is 0 Å². The van der Waals surface area contributed by atoms with Gasteiger partial charge >= 0.3 is 6.03 Å². The van der Waals surface area contributed by atoms with E-state index >= 15 is 0 Å². The maximum atomic E-state index is 12.3. The molecule has 0 saturated heterocycles. The molecule has 1 aromatic heterocycles. The number of methoxy groups -OCH3 is 1. The minimum atomic E-state index is -0.219. The largest absolute Gasteiger partial charge is 0.504 e. The molecule has 4 N–H and O–H groups in total. The highest BCUT2D eigenvalue weighted by molar-refractivity contribution is 5.92. The first-order chi connectivity index (χ1) is 15.1. The standard InChI is InChI=1S/C23H28N4O4/c1-30-10-11-31-21-13-15(6-8-20(21)28)16-12-19-18(24-14-16)7-9-22(26-19)27-23(29)25-17-4-2-3-5-17/h6-9,12-13,17,24,28H,2-5,10-11,14H2,1H3,(H2,25,26,27,29). The molecule has 0 unspecified atom stereocenters. The molecule has 1 aromatic carbocycles. The Kier molecular flexibility index (Phi) is 6.57. The molecule has 0 spiro atoms. The number of aromatic nitrogens is 1. The number of amides is 2. The van der Waals surface area contributed by atoms with E-state index < -0.39 is 0 Å². The van der Waals surface area contributed by atoms with E-state index in [1.165, 1.54) is 0 Å². The van der Waals surface area contributed by atoms with Crippen molar-refractivity contribution in [2.75, 3.05) is 37.5 Å². The van der Waals surface area contributed by atoms with Crippen molar-refractivity contribution >= 4 is 29.2 Å². The second kappa shape index (κ2) is 9.70. The Morgan fingerprint density at radius 2 is 2.06 bits per heavy atom. The van der Waals surface area contributed by atoms with Crippen LogP contribution in [-0.4, -0.2) is 49.0 Å². The van der Waals surface area contributed by atoms with Gasteiger partial charge in [0.05, 0.1) is 18.0 Å². The third kappa shape index (κ3) is 5.27. The van der Waals surface area contributed by atoms with E-state index in [-0.39, 0.29) is 17.8 Å². The van der Waals surface area contributed by atoms with Crippen molar-refractivity contribution in [2.45, 2.75) is 31.7 Å². The van der Waals surface area contributed by atoms with Crippen LogP contribution in [-0.2, 0) is 4.74 Å². The number of pyridine rings is 1. The first kappa shape index (κ1) is 21.0. The van der Waals surface area contributed by atoms with Crippen molar-refractivity contribution < 1.29 is 19.4 Å². The number of ether oxygens (including phenoxy) is 2. The highest BCUT2D eigenvalue weighted by Crippen LogP contribution is 2.33. The molecule has 2 amide bonds. The Morgan fingerprint density at radius 1 is 1.23 bits per heavy atom. The van der Waals surface area contributed by atoms with Gasteiger partial charge < -0.3 is 25.2 Å². The Balaban J connectivity index is 1.48. The van der Waals surface area contributed by atoms with Crippen LogP contribution in [0.2, 0.25) is 0 Å². The fourth-order valence-electron chi connectivity index (χ4n) is 3.87. The van der Waals surface area contributed by atoms with Crippen LogP contribution in [0.3, 0.4) is 0 Å². The molecule has 1 saturated carbocycles. The number of nitrogens with one attached hydrogen (secondary N) is 3. The topological polar surface area (TPSA) is 105 Å². The molecule has 2 aliphatic rings. The lowest BCUT2D eigenvalue weighted by atomic mass is 10.0. The lowest BCUT2D eigenvalue weighted by molar-refractivity contribution is 0.144. The number of benzene rings is 1. The second-order valence-electron chi connectivity index (χ2n) is 7.76. The number of hydrogen-bond donors (Lipinski definition) is 4. The van der Waals surface area contributed by atoms with Crippen molar-refractivity contribution in [2.24, 2.45) is 0 Å². The zero-order valence-corrected chi connectivity index (χ0v) is 17.6. The van der Waals surface area contributed by atoms with Gasteiger partial charge in [0, 0.05) is 19.7 Å². The number of aromatic hydroxyl groups is 1. The van der Waals surface area contributed by atoms with Crippen LogP contribution in [0.15, 0.2) is 30.3 Å².